The van der Waals surface area contributed by atoms with Crippen molar-refractivity contribution in [3.63, 3.8) is 0 Å². The number of Topliss-reactive ketones (excluding diaryl/α,β-unsaturated/α-hetero) is 2. The summed E-state index contributed by atoms with van der Waals surface area (Å²) < 4.78 is 10.5. The third-order valence-electron chi connectivity index (χ3n) is 4.12. The van der Waals surface area contributed by atoms with E-state index in [1.165, 1.54) is 0 Å². The fourth-order valence-corrected chi connectivity index (χ4v) is 2.77. The standard InChI is InChI=1S/C19H18O6/c20-14(12-7-3-1-4-8-12)16(22)18-19(25-11-24-18)17(23)15(21)13-9-5-2-6-10-13/h1-10,16-19,22-23H,11H2. The van der Waals surface area contributed by atoms with Gasteiger partial charge in [0, 0.05) is 11.1 Å². The average Bonchev–Trinajstić information content (AvgIpc) is 3.16. The van der Waals surface area contributed by atoms with Gasteiger partial charge in [-0.3, -0.25) is 9.59 Å². The lowest BCUT2D eigenvalue weighted by molar-refractivity contribution is -0.0187. The first-order valence-corrected chi connectivity index (χ1v) is 7.87. The SMILES string of the molecule is O=C(c1ccccc1)C(O)C1OCOC1C(O)C(=O)c1ccccc1. The van der Waals surface area contributed by atoms with Crippen LogP contribution in [0.4, 0.5) is 0 Å². The molecule has 0 spiro atoms. The molecule has 1 heterocycles. The lowest BCUT2D eigenvalue weighted by Gasteiger charge is -2.24. The molecule has 4 atom stereocenters. The van der Waals surface area contributed by atoms with Crippen molar-refractivity contribution >= 4 is 11.6 Å². The van der Waals surface area contributed by atoms with Crippen LogP contribution in [0.5, 0.6) is 0 Å². The molecule has 0 amide bonds. The van der Waals surface area contributed by atoms with Crippen molar-refractivity contribution in [2.75, 3.05) is 6.79 Å². The van der Waals surface area contributed by atoms with Crippen LogP contribution in [0.25, 0.3) is 0 Å². The Morgan fingerprint density at radius 2 is 1.12 bits per heavy atom. The molecule has 25 heavy (non-hydrogen) atoms. The molecule has 4 unspecified atom stereocenters. The molecule has 2 aromatic carbocycles. The summed E-state index contributed by atoms with van der Waals surface area (Å²) in [4.78, 5) is 24.8. The molecule has 2 aromatic rings. The van der Waals surface area contributed by atoms with Crippen molar-refractivity contribution in [2.45, 2.75) is 24.4 Å². The second kappa shape index (κ2) is 7.67. The van der Waals surface area contributed by atoms with Crippen LogP contribution < -0.4 is 0 Å². The van der Waals surface area contributed by atoms with Gasteiger partial charge in [0.25, 0.3) is 0 Å². The molecule has 1 saturated heterocycles. The second-order valence-electron chi connectivity index (χ2n) is 5.73. The van der Waals surface area contributed by atoms with Gasteiger partial charge in [-0.15, -0.1) is 0 Å². The highest BCUT2D eigenvalue weighted by molar-refractivity contribution is 6.01. The van der Waals surface area contributed by atoms with Gasteiger partial charge in [-0.25, -0.2) is 0 Å². The van der Waals surface area contributed by atoms with E-state index in [0.29, 0.717) is 11.1 Å². The Bertz CT molecular complexity index is 667. The number of ether oxygens (including phenoxy) is 2. The lowest BCUT2D eigenvalue weighted by atomic mass is 9.93. The van der Waals surface area contributed by atoms with Gasteiger partial charge in [-0.2, -0.15) is 0 Å². The van der Waals surface area contributed by atoms with Crippen molar-refractivity contribution < 1.29 is 29.3 Å². The molecule has 6 nitrogen and oxygen atoms in total. The Hall–Kier alpha value is -2.38. The Balaban J connectivity index is 1.76. The Morgan fingerprint density at radius 3 is 1.48 bits per heavy atom. The van der Waals surface area contributed by atoms with E-state index in [-0.39, 0.29) is 6.79 Å². The van der Waals surface area contributed by atoms with Crippen LogP contribution in [0, 0.1) is 0 Å². The van der Waals surface area contributed by atoms with Crippen LogP contribution in [-0.4, -0.2) is 53.0 Å². The van der Waals surface area contributed by atoms with Gasteiger partial charge in [0.1, 0.15) is 31.2 Å². The molecular weight excluding hydrogens is 324 g/mol. The monoisotopic (exact) mass is 342 g/mol. The Morgan fingerprint density at radius 1 is 0.760 bits per heavy atom. The average molecular weight is 342 g/mol. The first-order valence-electron chi connectivity index (χ1n) is 7.87. The number of aliphatic hydroxyl groups excluding tert-OH is 2. The summed E-state index contributed by atoms with van der Waals surface area (Å²) in [5.41, 5.74) is 0.626. The van der Waals surface area contributed by atoms with Gasteiger partial charge in [-0.05, 0) is 0 Å². The van der Waals surface area contributed by atoms with Crippen molar-refractivity contribution in [2.24, 2.45) is 0 Å². The molecule has 1 aliphatic rings. The summed E-state index contributed by atoms with van der Waals surface area (Å²) in [6.07, 6.45) is -5.35. The van der Waals surface area contributed by atoms with Gasteiger partial charge in [0.05, 0.1) is 0 Å². The van der Waals surface area contributed by atoms with E-state index in [0.717, 1.165) is 0 Å². The highest BCUT2D eigenvalue weighted by Crippen LogP contribution is 2.23. The van der Waals surface area contributed by atoms with Crippen LogP contribution in [-0.2, 0) is 9.47 Å². The van der Waals surface area contributed by atoms with E-state index in [9.17, 15) is 19.8 Å². The molecule has 2 N–H and O–H groups in total. The number of benzene rings is 2. The summed E-state index contributed by atoms with van der Waals surface area (Å²) in [6, 6.07) is 16.5. The largest absolute Gasteiger partial charge is 0.382 e. The zero-order valence-corrected chi connectivity index (χ0v) is 13.3. The van der Waals surface area contributed by atoms with Gasteiger partial charge in [0.15, 0.2) is 11.6 Å². The number of rotatable bonds is 6. The quantitative estimate of drug-likeness (QED) is 0.767. The van der Waals surface area contributed by atoms with Crippen LogP contribution in [0.1, 0.15) is 20.7 Å². The zero-order chi connectivity index (χ0) is 17.8. The van der Waals surface area contributed by atoms with E-state index in [1.54, 1.807) is 60.7 Å². The highest BCUT2D eigenvalue weighted by Gasteiger charge is 2.45. The Labute approximate surface area is 144 Å². The summed E-state index contributed by atoms with van der Waals surface area (Å²) in [5, 5.41) is 20.7. The first-order chi connectivity index (χ1) is 12.1. The Kier molecular flexibility index (Phi) is 5.35. The van der Waals surface area contributed by atoms with Crippen molar-refractivity contribution in [1.29, 1.82) is 0 Å². The van der Waals surface area contributed by atoms with Crippen molar-refractivity contribution in [3.8, 4) is 0 Å². The molecule has 0 bridgehead atoms. The number of aliphatic hydroxyl groups is 2. The molecule has 0 radical (unpaired) electrons. The van der Waals surface area contributed by atoms with Crippen molar-refractivity contribution in [1.82, 2.24) is 0 Å². The van der Waals surface area contributed by atoms with Crippen LogP contribution in [0.3, 0.4) is 0 Å². The van der Waals surface area contributed by atoms with E-state index in [2.05, 4.69) is 0 Å². The predicted molar refractivity (Wildman–Crippen MR) is 88.2 cm³/mol. The van der Waals surface area contributed by atoms with Crippen LogP contribution in [0.2, 0.25) is 0 Å². The molecule has 0 aromatic heterocycles. The summed E-state index contributed by atoms with van der Waals surface area (Å²) in [7, 11) is 0. The summed E-state index contributed by atoms with van der Waals surface area (Å²) in [5.74, 6) is -1.11. The van der Waals surface area contributed by atoms with E-state index in [4.69, 9.17) is 9.47 Å². The smallest absolute Gasteiger partial charge is 0.194 e. The molecule has 1 aliphatic heterocycles. The maximum atomic E-state index is 12.4. The second-order valence-corrected chi connectivity index (χ2v) is 5.73. The molecular formula is C19H18O6. The number of ketones is 2. The van der Waals surface area contributed by atoms with E-state index < -0.39 is 36.0 Å². The van der Waals surface area contributed by atoms with Gasteiger partial charge < -0.3 is 19.7 Å². The number of carbonyl (C=O) groups is 2. The van der Waals surface area contributed by atoms with Crippen LogP contribution in [0.15, 0.2) is 60.7 Å². The van der Waals surface area contributed by atoms with E-state index >= 15 is 0 Å². The minimum Gasteiger partial charge on any atom is -0.382 e. The summed E-state index contributed by atoms with van der Waals surface area (Å²) >= 11 is 0. The minimum atomic E-state index is -1.55. The fraction of sp³-hybridized carbons (Fsp3) is 0.263. The number of hydrogen-bond donors (Lipinski definition) is 2. The third-order valence-corrected chi connectivity index (χ3v) is 4.12. The molecule has 1 fully saturated rings. The van der Waals surface area contributed by atoms with Gasteiger partial charge in [0.2, 0.25) is 0 Å². The maximum Gasteiger partial charge on any atom is 0.194 e. The minimum absolute atomic E-state index is 0.215. The topological polar surface area (TPSA) is 93.1 Å². The molecule has 130 valence electrons. The van der Waals surface area contributed by atoms with Crippen LogP contribution >= 0.6 is 0 Å². The van der Waals surface area contributed by atoms with Crippen molar-refractivity contribution in [3.05, 3.63) is 71.8 Å². The fourth-order valence-electron chi connectivity index (χ4n) is 2.77. The predicted octanol–water partition coefficient (Wildman–Crippen LogP) is 1.22. The van der Waals surface area contributed by atoms with Gasteiger partial charge >= 0.3 is 0 Å². The maximum absolute atomic E-state index is 12.4. The first kappa shape index (κ1) is 17.4. The summed E-state index contributed by atoms with van der Waals surface area (Å²) in [6.45, 7) is -0.215. The normalized spacial score (nSPS) is 22.3. The lowest BCUT2D eigenvalue weighted by Crippen LogP contribution is -2.48. The molecule has 6 heteroatoms. The molecule has 3 rings (SSSR count). The third kappa shape index (κ3) is 3.67. The molecule has 0 saturated carbocycles. The van der Waals surface area contributed by atoms with E-state index in [1.807, 2.05) is 0 Å². The number of carbonyl (C=O) groups excluding carboxylic acids is 2. The zero-order valence-electron chi connectivity index (χ0n) is 13.3. The molecule has 0 aliphatic carbocycles. The van der Waals surface area contributed by atoms with Gasteiger partial charge in [-0.1, -0.05) is 60.7 Å². The number of hydrogen-bond acceptors (Lipinski definition) is 6. The highest BCUT2D eigenvalue weighted by atomic mass is 16.7.